The summed E-state index contributed by atoms with van der Waals surface area (Å²) in [5.41, 5.74) is 0.490. The van der Waals surface area contributed by atoms with Crippen LogP contribution >= 0.6 is 23.2 Å². The Kier molecular flexibility index (Phi) is 7.19. The molecule has 5 heteroatoms. The highest BCUT2D eigenvalue weighted by Gasteiger charge is 2.29. The highest BCUT2D eigenvalue weighted by molar-refractivity contribution is 6.36. The molecule has 1 aromatic rings. The monoisotopic (exact) mass is 357 g/mol. The lowest BCUT2D eigenvalue weighted by Crippen LogP contribution is -2.10. The van der Waals surface area contributed by atoms with Gasteiger partial charge >= 0.3 is 0 Å². The molecule has 0 radical (unpaired) electrons. The molecule has 2 atom stereocenters. The normalized spacial score (nSPS) is 19.7. The molecule has 0 aliphatic carbocycles. The third-order valence-electron chi connectivity index (χ3n) is 4.19. The van der Waals surface area contributed by atoms with E-state index < -0.39 is 0 Å². The number of ketones is 1. The van der Waals surface area contributed by atoms with Gasteiger partial charge < -0.3 is 4.74 Å². The molecule has 2 rings (SSSR count). The molecule has 0 amide bonds. The predicted octanol–water partition coefficient (Wildman–Crippen LogP) is 5.23. The topological polar surface area (TPSA) is 29.3 Å². The van der Waals surface area contributed by atoms with E-state index in [1.165, 1.54) is 12.8 Å². The second kappa shape index (κ2) is 8.91. The van der Waals surface area contributed by atoms with Gasteiger partial charge in [-0.25, -0.2) is 0 Å². The summed E-state index contributed by atoms with van der Waals surface area (Å²) in [6.45, 7) is 6.81. The van der Waals surface area contributed by atoms with Crippen molar-refractivity contribution < 1.29 is 9.53 Å². The van der Waals surface area contributed by atoms with Gasteiger partial charge in [-0.05, 0) is 19.4 Å². The minimum atomic E-state index is 0.0329. The van der Waals surface area contributed by atoms with Crippen LogP contribution in [0.25, 0.3) is 0 Å². The number of benzene rings is 1. The van der Waals surface area contributed by atoms with Crippen LogP contribution in [0.1, 0.15) is 56.3 Å². The summed E-state index contributed by atoms with van der Waals surface area (Å²) in [4.78, 5) is 14.5. The van der Waals surface area contributed by atoms with Crippen molar-refractivity contribution in [3.8, 4) is 5.75 Å². The highest BCUT2D eigenvalue weighted by atomic mass is 35.5. The first-order valence-electron chi connectivity index (χ1n) is 8.42. The van der Waals surface area contributed by atoms with Gasteiger partial charge in [-0.1, -0.05) is 49.4 Å². The van der Waals surface area contributed by atoms with Gasteiger partial charge in [-0.15, -0.1) is 0 Å². The first-order valence-corrected chi connectivity index (χ1v) is 9.17. The fourth-order valence-electron chi connectivity index (χ4n) is 2.55. The van der Waals surface area contributed by atoms with Gasteiger partial charge in [0, 0.05) is 37.2 Å². The van der Waals surface area contributed by atoms with Crippen LogP contribution in [-0.2, 0) is 0 Å². The smallest absolute Gasteiger partial charge is 0.165 e. The van der Waals surface area contributed by atoms with Gasteiger partial charge in [-0.3, -0.25) is 9.69 Å². The fourth-order valence-corrected chi connectivity index (χ4v) is 3.02. The first-order chi connectivity index (χ1) is 11.0. The number of hydrogen-bond acceptors (Lipinski definition) is 3. The van der Waals surface area contributed by atoms with Crippen LogP contribution in [0.2, 0.25) is 10.0 Å². The molecule has 0 spiro atoms. The molecule has 0 bridgehead atoms. The lowest BCUT2D eigenvalue weighted by atomic mass is 10.1. The Bertz CT molecular complexity index is 548. The van der Waals surface area contributed by atoms with Crippen molar-refractivity contribution >= 4 is 29.0 Å². The van der Waals surface area contributed by atoms with Gasteiger partial charge in [0.1, 0.15) is 5.75 Å². The number of rotatable bonds is 10. The number of carbonyl (C=O) groups is 1. The number of nitrogens with zero attached hydrogens (tertiary/aromatic N) is 1. The molecule has 1 fully saturated rings. The second-order valence-corrected chi connectivity index (χ2v) is 7.00. The maximum Gasteiger partial charge on any atom is 0.165 e. The van der Waals surface area contributed by atoms with E-state index in [0.29, 0.717) is 40.4 Å². The zero-order valence-corrected chi connectivity index (χ0v) is 15.4. The number of ether oxygens (including phenoxy) is 1. The van der Waals surface area contributed by atoms with Gasteiger partial charge in [0.2, 0.25) is 0 Å². The van der Waals surface area contributed by atoms with Crippen LogP contribution in [-0.4, -0.2) is 36.4 Å². The summed E-state index contributed by atoms with van der Waals surface area (Å²) in [6.07, 6.45) is 5.02. The van der Waals surface area contributed by atoms with E-state index in [2.05, 4.69) is 18.7 Å². The lowest BCUT2D eigenvalue weighted by Gasteiger charge is -2.11. The Morgan fingerprint density at radius 1 is 1.26 bits per heavy atom. The minimum Gasteiger partial charge on any atom is -0.492 e. The lowest BCUT2D eigenvalue weighted by molar-refractivity contribution is 0.0977. The van der Waals surface area contributed by atoms with Crippen LogP contribution in [0.3, 0.4) is 0 Å². The van der Waals surface area contributed by atoms with Crippen molar-refractivity contribution in [1.29, 1.82) is 0 Å². The molecule has 23 heavy (non-hydrogen) atoms. The molecule has 1 heterocycles. The molecular weight excluding hydrogens is 333 g/mol. The van der Waals surface area contributed by atoms with Gasteiger partial charge in [0.25, 0.3) is 0 Å². The highest BCUT2D eigenvalue weighted by Crippen LogP contribution is 2.32. The average Bonchev–Trinajstić information content (AvgIpc) is 3.23. The molecule has 1 aliphatic rings. The Morgan fingerprint density at radius 2 is 2.00 bits per heavy atom. The maximum atomic E-state index is 12.3. The van der Waals surface area contributed by atoms with Gasteiger partial charge in [-0.2, -0.15) is 0 Å². The summed E-state index contributed by atoms with van der Waals surface area (Å²) in [7, 11) is 0. The SMILES string of the molecule is CCCCCCOc1cc(Cl)c(C(=O)CCN2CC2C)cc1Cl. The minimum absolute atomic E-state index is 0.0329. The summed E-state index contributed by atoms with van der Waals surface area (Å²) in [6, 6.07) is 3.90. The van der Waals surface area contributed by atoms with Crippen molar-refractivity contribution in [3.63, 3.8) is 0 Å². The number of halogens is 2. The van der Waals surface area contributed by atoms with Crippen LogP contribution < -0.4 is 4.74 Å². The second-order valence-electron chi connectivity index (χ2n) is 6.19. The van der Waals surface area contributed by atoms with Crippen molar-refractivity contribution in [2.75, 3.05) is 19.7 Å². The quantitative estimate of drug-likeness (QED) is 0.326. The van der Waals surface area contributed by atoms with Crippen LogP contribution in [0.5, 0.6) is 5.75 Å². The Hall–Kier alpha value is -0.770. The van der Waals surface area contributed by atoms with Crippen molar-refractivity contribution in [2.45, 2.75) is 52.0 Å². The fraction of sp³-hybridized carbons (Fsp3) is 0.611. The standard InChI is InChI=1S/C18H25Cl2NO2/c1-3-4-5-6-9-23-18-11-15(19)14(10-16(18)20)17(22)7-8-21-12-13(21)2/h10-11,13H,3-9,12H2,1-2H3. The first kappa shape index (κ1) is 18.6. The molecule has 128 valence electrons. The van der Waals surface area contributed by atoms with Gasteiger partial charge in [0.05, 0.1) is 16.7 Å². The number of hydrogen-bond donors (Lipinski definition) is 0. The van der Waals surface area contributed by atoms with E-state index in [1.54, 1.807) is 12.1 Å². The maximum absolute atomic E-state index is 12.3. The average molecular weight is 358 g/mol. The van der Waals surface area contributed by atoms with Gasteiger partial charge in [0.15, 0.2) is 5.78 Å². The zero-order chi connectivity index (χ0) is 16.8. The summed E-state index contributed by atoms with van der Waals surface area (Å²) < 4.78 is 5.69. The summed E-state index contributed by atoms with van der Waals surface area (Å²) >= 11 is 12.5. The molecule has 3 nitrogen and oxygen atoms in total. The predicted molar refractivity (Wildman–Crippen MR) is 96.1 cm³/mol. The number of unbranched alkanes of at least 4 members (excludes halogenated alkanes) is 3. The van der Waals surface area contributed by atoms with Crippen molar-refractivity contribution in [1.82, 2.24) is 4.90 Å². The molecule has 1 saturated heterocycles. The number of Topliss-reactive ketones (excluding diaryl/α,β-unsaturated/α-hetero) is 1. The third-order valence-corrected chi connectivity index (χ3v) is 4.80. The van der Waals surface area contributed by atoms with E-state index >= 15 is 0 Å². The largest absolute Gasteiger partial charge is 0.492 e. The molecule has 0 aromatic heterocycles. The van der Waals surface area contributed by atoms with Crippen LogP contribution in [0, 0.1) is 0 Å². The zero-order valence-electron chi connectivity index (χ0n) is 13.9. The molecule has 2 unspecified atom stereocenters. The molecular formula is C18H25Cl2NO2. The van der Waals surface area contributed by atoms with Crippen LogP contribution in [0.4, 0.5) is 0 Å². The molecule has 1 aliphatic heterocycles. The molecule has 0 N–H and O–H groups in total. The molecule has 1 aromatic carbocycles. The van der Waals surface area contributed by atoms with E-state index in [0.717, 1.165) is 25.9 Å². The summed E-state index contributed by atoms with van der Waals surface area (Å²) in [5, 5.41) is 0.871. The Morgan fingerprint density at radius 3 is 2.65 bits per heavy atom. The Balaban J connectivity index is 1.89. The van der Waals surface area contributed by atoms with Crippen molar-refractivity contribution in [2.24, 2.45) is 0 Å². The summed E-state index contributed by atoms with van der Waals surface area (Å²) in [5.74, 6) is 0.592. The van der Waals surface area contributed by atoms with Crippen LogP contribution in [0.15, 0.2) is 12.1 Å². The van der Waals surface area contributed by atoms with E-state index in [9.17, 15) is 4.79 Å². The van der Waals surface area contributed by atoms with E-state index in [4.69, 9.17) is 27.9 Å². The Labute approximate surface area is 148 Å². The number of carbonyl (C=O) groups excluding carboxylic acids is 1. The van der Waals surface area contributed by atoms with E-state index in [-0.39, 0.29) is 5.78 Å². The molecule has 0 saturated carbocycles. The van der Waals surface area contributed by atoms with Crippen molar-refractivity contribution in [3.05, 3.63) is 27.7 Å². The van der Waals surface area contributed by atoms with E-state index in [1.807, 2.05) is 0 Å². The third kappa shape index (κ3) is 5.66.